The summed E-state index contributed by atoms with van der Waals surface area (Å²) in [5.74, 6) is 0. The normalized spacial score (nSPS) is 12.2. The van der Waals surface area contributed by atoms with Gasteiger partial charge in [0.15, 0.2) is 5.65 Å². The lowest BCUT2D eigenvalue weighted by Gasteiger charge is -2.11. The van der Waals surface area contributed by atoms with E-state index in [4.69, 9.17) is 5.14 Å². The number of sulfonamides is 1. The molecule has 0 aliphatic heterocycles. The van der Waals surface area contributed by atoms with Crippen LogP contribution in [0, 0.1) is 6.92 Å². The Bertz CT molecular complexity index is 1010. The van der Waals surface area contributed by atoms with Crippen LogP contribution in [-0.4, -0.2) is 42.0 Å². The molecule has 0 atom stereocenters. The smallest absolute Gasteiger partial charge is 0.243 e. The van der Waals surface area contributed by atoms with Crippen LogP contribution in [0.25, 0.3) is 16.8 Å². The van der Waals surface area contributed by atoms with Crippen molar-refractivity contribution in [3.63, 3.8) is 0 Å². The molecule has 0 aliphatic carbocycles. The lowest BCUT2D eigenvalue weighted by molar-refractivity contribution is 0.402. The summed E-state index contributed by atoms with van der Waals surface area (Å²) in [7, 11) is 0.165. The summed E-state index contributed by atoms with van der Waals surface area (Å²) in [6, 6.07) is 8.12. The van der Waals surface area contributed by atoms with Gasteiger partial charge in [-0.05, 0) is 38.2 Å². The van der Waals surface area contributed by atoms with E-state index >= 15 is 0 Å². The van der Waals surface area contributed by atoms with Crippen LogP contribution in [0.2, 0.25) is 0 Å². The summed E-state index contributed by atoms with van der Waals surface area (Å²) in [5.41, 5.74) is 3.60. The first-order valence-electron chi connectivity index (χ1n) is 7.37. The third-order valence-corrected chi connectivity index (χ3v) is 4.68. The molecule has 24 heavy (non-hydrogen) atoms. The number of primary sulfonamides is 1. The van der Waals surface area contributed by atoms with Gasteiger partial charge in [0, 0.05) is 24.5 Å². The summed E-state index contributed by atoms with van der Waals surface area (Å²) in [4.78, 5) is 6.33. The number of nitrogens with zero attached hydrogens (tertiary/aromatic N) is 4. The minimum Gasteiger partial charge on any atom is -0.305 e. The summed E-state index contributed by atoms with van der Waals surface area (Å²) >= 11 is 0. The van der Waals surface area contributed by atoms with Gasteiger partial charge < -0.3 is 4.90 Å². The van der Waals surface area contributed by atoms with E-state index in [2.05, 4.69) is 27.1 Å². The first kappa shape index (κ1) is 16.6. The van der Waals surface area contributed by atoms with Gasteiger partial charge in [-0.25, -0.2) is 23.1 Å². The van der Waals surface area contributed by atoms with Crippen molar-refractivity contribution in [3.8, 4) is 11.1 Å². The molecule has 0 aliphatic rings. The molecule has 2 aromatic heterocycles. The zero-order valence-corrected chi connectivity index (χ0v) is 14.6. The van der Waals surface area contributed by atoms with Crippen molar-refractivity contribution in [2.75, 3.05) is 14.1 Å². The number of aromatic nitrogens is 3. The predicted molar refractivity (Wildman–Crippen MR) is 91.9 cm³/mol. The molecule has 7 nitrogen and oxygen atoms in total. The van der Waals surface area contributed by atoms with Crippen LogP contribution in [0.1, 0.15) is 11.3 Å². The van der Waals surface area contributed by atoms with Gasteiger partial charge in [0.2, 0.25) is 10.0 Å². The van der Waals surface area contributed by atoms with Crippen molar-refractivity contribution in [3.05, 3.63) is 47.9 Å². The molecule has 3 rings (SSSR count). The lowest BCUT2D eigenvalue weighted by Crippen LogP contribution is -2.13. The van der Waals surface area contributed by atoms with E-state index in [1.54, 1.807) is 19.3 Å². The van der Waals surface area contributed by atoms with E-state index < -0.39 is 10.0 Å². The van der Waals surface area contributed by atoms with Gasteiger partial charge in [0.25, 0.3) is 0 Å². The first-order valence-corrected chi connectivity index (χ1v) is 8.92. The summed E-state index contributed by atoms with van der Waals surface area (Å²) in [6.45, 7) is 2.44. The van der Waals surface area contributed by atoms with Crippen molar-refractivity contribution in [2.24, 2.45) is 5.14 Å². The fourth-order valence-corrected chi connectivity index (χ4v) is 3.57. The summed E-state index contributed by atoms with van der Waals surface area (Å²) < 4.78 is 24.9. The molecule has 0 bridgehead atoms. The van der Waals surface area contributed by atoms with Crippen LogP contribution in [0.3, 0.4) is 0 Å². The Hall–Kier alpha value is -2.29. The minimum atomic E-state index is -3.87. The Balaban J connectivity index is 2.10. The zero-order chi connectivity index (χ0) is 17.5. The molecule has 1 aromatic carbocycles. The predicted octanol–water partition coefficient (Wildman–Crippen LogP) is 1.41. The Labute approximate surface area is 140 Å². The second-order valence-electron chi connectivity index (χ2n) is 6.01. The van der Waals surface area contributed by atoms with Gasteiger partial charge in [-0.1, -0.05) is 18.2 Å². The highest BCUT2D eigenvalue weighted by atomic mass is 32.2. The van der Waals surface area contributed by atoms with Crippen LogP contribution >= 0.6 is 0 Å². The highest BCUT2D eigenvalue weighted by molar-refractivity contribution is 7.89. The number of fused-ring (bicyclic) bond motifs is 1. The van der Waals surface area contributed by atoms with E-state index in [-0.39, 0.29) is 10.5 Å². The van der Waals surface area contributed by atoms with Gasteiger partial charge in [-0.3, -0.25) is 0 Å². The van der Waals surface area contributed by atoms with Gasteiger partial charge in [-0.15, -0.1) is 0 Å². The third-order valence-electron chi connectivity index (χ3n) is 3.64. The monoisotopic (exact) mass is 345 g/mol. The molecule has 0 unspecified atom stereocenters. The van der Waals surface area contributed by atoms with Crippen molar-refractivity contribution >= 4 is 15.7 Å². The third kappa shape index (κ3) is 3.16. The van der Waals surface area contributed by atoms with Crippen LogP contribution in [0.5, 0.6) is 0 Å². The maximum Gasteiger partial charge on any atom is 0.243 e. The summed E-state index contributed by atoms with van der Waals surface area (Å²) in [6.07, 6.45) is 3.40. The largest absolute Gasteiger partial charge is 0.305 e. The average molecular weight is 345 g/mol. The molecule has 0 fully saturated rings. The lowest BCUT2D eigenvalue weighted by atomic mass is 10.1. The average Bonchev–Trinajstić information content (AvgIpc) is 2.81. The molecule has 0 saturated carbocycles. The number of benzene rings is 1. The van der Waals surface area contributed by atoms with Crippen LogP contribution in [-0.2, 0) is 16.6 Å². The fourth-order valence-electron chi connectivity index (χ4n) is 2.72. The number of nitrogens with two attached hydrogens (primary N) is 1. The molecule has 0 saturated heterocycles. The standard InChI is InChI=1S/C16H19N5O2S/c1-11-15(24(17,22)23)16-18-8-14(10-21(16)19-11)13-6-4-5-12(7-13)9-20(2)3/h4-8,10H,9H2,1-3H3,(H2,17,22,23). The highest BCUT2D eigenvalue weighted by Gasteiger charge is 2.21. The first-order chi connectivity index (χ1) is 11.3. The van der Waals surface area contributed by atoms with E-state index in [0.29, 0.717) is 5.69 Å². The molecule has 8 heteroatoms. The van der Waals surface area contributed by atoms with E-state index in [1.807, 2.05) is 26.2 Å². The van der Waals surface area contributed by atoms with E-state index in [0.717, 1.165) is 17.7 Å². The van der Waals surface area contributed by atoms with Gasteiger partial charge >= 0.3 is 0 Å². The zero-order valence-electron chi connectivity index (χ0n) is 13.8. The molecule has 0 spiro atoms. The van der Waals surface area contributed by atoms with Crippen LogP contribution in [0.15, 0.2) is 41.6 Å². The van der Waals surface area contributed by atoms with E-state index in [9.17, 15) is 8.42 Å². The SMILES string of the molecule is Cc1nn2cc(-c3cccc(CN(C)C)c3)cnc2c1S(N)(=O)=O. The molecule has 126 valence electrons. The van der Waals surface area contributed by atoms with Crippen molar-refractivity contribution < 1.29 is 8.42 Å². The molecule has 0 radical (unpaired) electrons. The second kappa shape index (κ2) is 5.97. The topological polar surface area (TPSA) is 93.6 Å². The van der Waals surface area contributed by atoms with E-state index in [1.165, 1.54) is 10.1 Å². The molecule has 0 amide bonds. The van der Waals surface area contributed by atoms with Crippen molar-refractivity contribution in [1.82, 2.24) is 19.5 Å². The Morgan fingerprint density at radius 3 is 2.67 bits per heavy atom. The Kier molecular flexibility index (Phi) is 4.12. The van der Waals surface area contributed by atoms with Crippen molar-refractivity contribution in [2.45, 2.75) is 18.4 Å². The highest BCUT2D eigenvalue weighted by Crippen LogP contribution is 2.23. The molecular weight excluding hydrogens is 326 g/mol. The molecule has 3 aromatic rings. The fraction of sp³-hybridized carbons (Fsp3) is 0.250. The molecular formula is C16H19N5O2S. The number of hydrogen-bond donors (Lipinski definition) is 1. The second-order valence-corrected chi connectivity index (χ2v) is 7.51. The van der Waals surface area contributed by atoms with Crippen LogP contribution < -0.4 is 5.14 Å². The number of rotatable bonds is 4. The van der Waals surface area contributed by atoms with Gasteiger partial charge in [0.05, 0.1) is 5.69 Å². The van der Waals surface area contributed by atoms with Gasteiger partial charge in [0.1, 0.15) is 4.90 Å². The molecule has 2 heterocycles. The summed E-state index contributed by atoms with van der Waals surface area (Å²) in [5, 5.41) is 9.48. The Morgan fingerprint density at radius 1 is 1.25 bits per heavy atom. The number of hydrogen-bond acceptors (Lipinski definition) is 5. The molecule has 2 N–H and O–H groups in total. The Morgan fingerprint density at radius 2 is 2.00 bits per heavy atom. The minimum absolute atomic E-state index is 0.0320. The quantitative estimate of drug-likeness (QED) is 0.772. The number of aryl methyl sites for hydroxylation is 1. The van der Waals surface area contributed by atoms with Gasteiger partial charge in [-0.2, -0.15) is 5.10 Å². The maximum atomic E-state index is 11.7. The maximum absolute atomic E-state index is 11.7. The van der Waals surface area contributed by atoms with Crippen LogP contribution in [0.4, 0.5) is 0 Å². The van der Waals surface area contributed by atoms with Crippen molar-refractivity contribution in [1.29, 1.82) is 0 Å².